The van der Waals surface area contributed by atoms with Crippen molar-refractivity contribution in [3.63, 3.8) is 0 Å². The molecular weight excluding hydrogens is 482 g/mol. The Balaban J connectivity index is 1.26. The number of rotatable bonds is 5. The van der Waals surface area contributed by atoms with Crippen LogP contribution >= 0.6 is 0 Å². The number of hydrogen-bond acceptors (Lipinski definition) is 7. The molecule has 38 heavy (non-hydrogen) atoms. The Labute approximate surface area is 220 Å². The number of carbonyl (C=O) groups is 1. The third kappa shape index (κ3) is 4.55. The van der Waals surface area contributed by atoms with Crippen molar-refractivity contribution < 1.29 is 14.3 Å². The first-order valence-electron chi connectivity index (χ1n) is 12.9. The summed E-state index contributed by atoms with van der Waals surface area (Å²) in [7, 11) is 1.62. The molecule has 0 saturated carbocycles. The summed E-state index contributed by atoms with van der Waals surface area (Å²) in [5.74, 6) is 2.02. The molecule has 6 rings (SSSR count). The first-order valence-corrected chi connectivity index (χ1v) is 12.9. The summed E-state index contributed by atoms with van der Waals surface area (Å²) in [6, 6.07) is 15.1. The van der Waals surface area contributed by atoms with E-state index in [9.17, 15) is 9.59 Å². The molecule has 0 aliphatic carbocycles. The predicted molar refractivity (Wildman–Crippen MR) is 145 cm³/mol. The van der Waals surface area contributed by atoms with Gasteiger partial charge in [-0.05, 0) is 61.2 Å². The zero-order valence-corrected chi connectivity index (χ0v) is 21.3. The van der Waals surface area contributed by atoms with Crippen LogP contribution in [0.4, 0.5) is 11.5 Å². The van der Waals surface area contributed by atoms with Gasteiger partial charge in [0.05, 0.1) is 37.3 Å². The molecule has 2 aliphatic rings. The fourth-order valence-corrected chi connectivity index (χ4v) is 5.11. The average molecular weight is 512 g/mol. The molecule has 0 spiro atoms. The smallest absolute Gasteiger partial charge is 0.274 e. The van der Waals surface area contributed by atoms with Crippen LogP contribution in [0.25, 0.3) is 10.8 Å². The minimum Gasteiger partial charge on any atom is -0.497 e. The number of ether oxygens (including phenoxy) is 2. The van der Waals surface area contributed by atoms with Crippen LogP contribution in [0.3, 0.4) is 0 Å². The Hall–Kier alpha value is -4.40. The van der Waals surface area contributed by atoms with Crippen LogP contribution in [-0.2, 0) is 6.54 Å². The number of anilines is 2. The standard InChI is InChI=1S/C29H29N5O4/c1-37-24-8-5-20(6-9-24)19-34-29(36)25-10-7-23(15-21(25)18-31-34)33-13-14-38-26-16-22(17-30-27(26)33)28(35)32-11-3-2-4-12-32/h5-10,15-18H,2-4,11-14,19H2,1H3. The maximum absolute atomic E-state index is 13.2. The molecule has 0 unspecified atom stereocenters. The van der Waals surface area contributed by atoms with E-state index < -0.39 is 0 Å². The first-order chi connectivity index (χ1) is 18.6. The monoisotopic (exact) mass is 511 g/mol. The quantitative estimate of drug-likeness (QED) is 0.400. The maximum atomic E-state index is 13.2. The largest absolute Gasteiger partial charge is 0.497 e. The van der Waals surface area contributed by atoms with Crippen molar-refractivity contribution >= 4 is 28.2 Å². The Bertz CT molecular complexity index is 1540. The van der Waals surface area contributed by atoms with Crippen LogP contribution in [0, 0.1) is 0 Å². The lowest BCUT2D eigenvalue weighted by atomic mass is 10.1. The normalized spacial score (nSPS) is 15.2. The van der Waals surface area contributed by atoms with E-state index in [1.54, 1.807) is 25.6 Å². The molecule has 9 heteroatoms. The van der Waals surface area contributed by atoms with Crippen LogP contribution in [-0.4, -0.2) is 58.9 Å². The summed E-state index contributed by atoms with van der Waals surface area (Å²) < 4.78 is 12.6. The van der Waals surface area contributed by atoms with E-state index in [0.29, 0.717) is 42.2 Å². The molecule has 0 bridgehead atoms. The lowest BCUT2D eigenvalue weighted by Crippen LogP contribution is -2.36. The molecule has 194 valence electrons. The number of methoxy groups -OCH3 is 1. The third-order valence-electron chi connectivity index (χ3n) is 7.19. The molecule has 9 nitrogen and oxygen atoms in total. The Morgan fingerprint density at radius 2 is 1.82 bits per heavy atom. The van der Waals surface area contributed by atoms with E-state index in [-0.39, 0.29) is 11.5 Å². The van der Waals surface area contributed by atoms with Gasteiger partial charge in [-0.1, -0.05) is 12.1 Å². The van der Waals surface area contributed by atoms with Crippen LogP contribution in [0.5, 0.6) is 11.5 Å². The molecule has 0 N–H and O–H groups in total. The van der Waals surface area contributed by atoms with Gasteiger partial charge >= 0.3 is 0 Å². The average Bonchev–Trinajstić information content (AvgIpc) is 2.98. The van der Waals surface area contributed by atoms with E-state index in [1.807, 2.05) is 47.4 Å². The molecule has 2 aromatic carbocycles. The van der Waals surface area contributed by atoms with Crippen LogP contribution in [0.1, 0.15) is 35.2 Å². The Morgan fingerprint density at radius 1 is 1.00 bits per heavy atom. The van der Waals surface area contributed by atoms with Gasteiger partial charge in [0.2, 0.25) is 0 Å². The van der Waals surface area contributed by atoms with Crippen molar-refractivity contribution in [1.29, 1.82) is 0 Å². The highest BCUT2D eigenvalue weighted by atomic mass is 16.5. The molecule has 0 radical (unpaired) electrons. The van der Waals surface area contributed by atoms with E-state index in [2.05, 4.69) is 15.0 Å². The summed E-state index contributed by atoms with van der Waals surface area (Å²) in [5.41, 5.74) is 2.25. The first kappa shape index (κ1) is 24.0. The topological polar surface area (TPSA) is 89.8 Å². The van der Waals surface area contributed by atoms with Crippen molar-refractivity contribution in [3.8, 4) is 11.5 Å². The molecule has 1 fully saturated rings. The van der Waals surface area contributed by atoms with Crippen molar-refractivity contribution in [3.05, 3.63) is 82.4 Å². The van der Waals surface area contributed by atoms with Gasteiger partial charge in [-0.15, -0.1) is 0 Å². The predicted octanol–water partition coefficient (Wildman–Crippen LogP) is 4.01. The Kier molecular flexibility index (Phi) is 6.41. The van der Waals surface area contributed by atoms with Gasteiger partial charge in [0.1, 0.15) is 12.4 Å². The number of pyridine rings is 1. The number of fused-ring (bicyclic) bond motifs is 2. The number of likely N-dealkylation sites (tertiary alicyclic amines) is 1. The van der Waals surface area contributed by atoms with Crippen LogP contribution in [0.2, 0.25) is 0 Å². The van der Waals surface area contributed by atoms with Gasteiger partial charge in [-0.2, -0.15) is 5.10 Å². The number of piperidine rings is 1. The minimum absolute atomic E-state index is 0.00317. The number of hydrogen-bond donors (Lipinski definition) is 0. The number of nitrogens with zero attached hydrogens (tertiary/aromatic N) is 5. The molecule has 2 aliphatic heterocycles. The summed E-state index contributed by atoms with van der Waals surface area (Å²) >= 11 is 0. The summed E-state index contributed by atoms with van der Waals surface area (Å²) in [6.07, 6.45) is 6.61. The summed E-state index contributed by atoms with van der Waals surface area (Å²) in [5, 5.41) is 5.77. The lowest BCUT2D eigenvalue weighted by Gasteiger charge is -2.31. The SMILES string of the molecule is COc1ccc(Cn2ncc3cc(N4CCOc5cc(C(=O)N6CCCCC6)cnc54)ccc3c2=O)cc1. The van der Waals surface area contributed by atoms with Gasteiger partial charge < -0.3 is 19.3 Å². The molecule has 1 amide bonds. The fourth-order valence-electron chi connectivity index (χ4n) is 5.11. The van der Waals surface area contributed by atoms with E-state index in [0.717, 1.165) is 48.3 Å². The van der Waals surface area contributed by atoms with Gasteiger partial charge in [-0.3, -0.25) is 9.59 Å². The van der Waals surface area contributed by atoms with Crippen LogP contribution in [0.15, 0.2) is 65.7 Å². The van der Waals surface area contributed by atoms with E-state index in [1.165, 1.54) is 11.1 Å². The minimum atomic E-state index is -0.147. The molecular formula is C29H29N5O4. The molecule has 4 aromatic rings. The zero-order valence-electron chi connectivity index (χ0n) is 21.3. The fraction of sp³-hybridized carbons (Fsp3) is 0.310. The van der Waals surface area contributed by atoms with E-state index in [4.69, 9.17) is 9.47 Å². The van der Waals surface area contributed by atoms with Crippen molar-refractivity contribution in [2.45, 2.75) is 25.8 Å². The highest BCUT2D eigenvalue weighted by Gasteiger charge is 2.25. The molecule has 0 atom stereocenters. The zero-order chi connectivity index (χ0) is 26.1. The highest BCUT2D eigenvalue weighted by Crippen LogP contribution is 2.36. The number of benzene rings is 2. The second kappa shape index (κ2) is 10.2. The van der Waals surface area contributed by atoms with Crippen LogP contribution < -0.4 is 19.9 Å². The molecule has 2 aromatic heterocycles. The van der Waals surface area contributed by atoms with Crippen molar-refractivity contribution in [2.24, 2.45) is 0 Å². The van der Waals surface area contributed by atoms with Gasteiger partial charge in [0.15, 0.2) is 11.6 Å². The molecule has 1 saturated heterocycles. The van der Waals surface area contributed by atoms with Crippen molar-refractivity contribution in [2.75, 3.05) is 38.3 Å². The van der Waals surface area contributed by atoms with E-state index >= 15 is 0 Å². The van der Waals surface area contributed by atoms with Gasteiger partial charge in [-0.25, -0.2) is 9.67 Å². The molecule has 4 heterocycles. The second-order valence-corrected chi connectivity index (χ2v) is 9.63. The number of carbonyl (C=O) groups excluding carboxylic acids is 1. The Morgan fingerprint density at radius 3 is 2.61 bits per heavy atom. The summed E-state index contributed by atoms with van der Waals surface area (Å²) in [4.78, 5) is 34.7. The third-order valence-corrected chi connectivity index (χ3v) is 7.19. The van der Waals surface area contributed by atoms with Crippen molar-refractivity contribution in [1.82, 2.24) is 19.7 Å². The number of aromatic nitrogens is 3. The van der Waals surface area contributed by atoms with Gasteiger partial charge in [0.25, 0.3) is 11.5 Å². The van der Waals surface area contributed by atoms with Gasteiger partial charge in [0, 0.05) is 30.4 Å². The number of amides is 1. The maximum Gasteiger partial charge on any atom is 0.274 e. The second-order valence-electron chi connectivity index (χ2n) is 9.63. The highest BCUT2D eigenvalue weighted by molar-refractivity contribution is 5.95. The summed E-state index contributed by atoms with van der Waals surface area (Å²) in [6.45, 7) is 3.02. The lowest BCUT2D eigenvalue weighted by molar-refractivity contribution is 0.0723.